The molecule has 2 heterocycles. The quantitative estimate of drug-likeness (QED) is 0.723. The van der Waals surface area contributed by atoms with Crippen LogP contribution in [-0.2, 0) is 0 Å². The molecule has 0 aliphatic rings. The number of nitrogens with zero attached hydrogens (tertiary/aromatic N) is 1. The third-order valence-electron chi connectivity index (χ3n) is 3.10. The summed E-state index contributed by atoms with van der Waals surface area (Å²) in [4.78, 5) is 17.0. The van der Waals surface area contributed by atoms with E-state index in [-0.39, 0.29) is 5.43 Å². The number of fused-ring (bicyclic) bond motifs is 1. The molecule has 0 fully saturated rings. The Kier molecular flexibility index (Phi) is 3.06. The molecule has 20 heavy (non-hydrogen) atoms. The van der Waals surface area contributed by atoms with Gasteiger partial charge >= 0.3 is 0 Å². The highest BCUT2D eigenvalue weighted by Crippen LogP contribution is 2.28. The maximum absolute atomic E-state index is 12.7. The number of rotatable bonds is 2. The first-order chi connectivity index (χ1) is 9.60. The summed E-state index contributed by atoms with van der Waals surface area (Å²) >= 11 is 1.50. The molecule has 0 saturated heterocycles. The first-order valence-electron chi connectivity index (χ1n) is 6.13. The number of aryl methyl sites for hydroxylation is 2. The molecule has 1 aromatic carbocycles. The molecule has 3 aromatic rings. The lowest BCUT2D eigenvalue weighted by Crippen LogP contribution is -2.07. The standard InChI is InChI=1S/C15H13NO3S/c1-8-4-12(18-3)14-13(5-8)19-6-10(15(14)17)11-7-20-9(2)16-11/h4-7H,1-3H3. The molecule has 0 aliphatic carbocycles. The van der Waals surface area contributed by atoms with Crippen LogP contribution in [0.1, 0.15) is 10.6 Å². The largest absolute Gasteiger partial charge is 0.496 e. The smallest absolute Gasteiger partial charge is 0.205 e. The predicted molar refractivity (Wildman–Crippen MR) is 79.6 cm³/mol. The summed E-state index contributed by atoms with van der Waals surface area (Å²) in [6.45, 7) is 3.83. The summed E-state index contributed by atoms with van der Waals surface area (Å²) in [5, 5.41) is 3.23. The topological polar surface area (TPSA) is 52.3 Å². The lowest BCUT2D eigenvalue weighted by atomic mass is 10.1. The number of benzene rings is 1. The Balaban J connectivity index is 2.35. The highest BCUT2D eigenvalue weighted by molar-refractivity contribution is 7.09. The van der Waals surface area contributed by atoms with Crippen LogP contribution in [-0.4, -0.2) is 12.1 Å². The van der Waals surface area contributed by atoms with Crippen molar-refractivity contribution >= 4 is 22.3 Å². The van der Waals surface area contributed by atoms with Gasteiger partial charge in [-0.2, -0.15) is 0 Å². The van der Waals surface area contributed by atoms with E-state index in [1.54, 1.807) is 7.11 Å². The summed E-state index contributed by atoms with van der Waals surface area (Å²) in [7, 11) is 1.55. The fourth-order valence-electron chi connectivity index (χ4n) is 2.17. The molecule has 0 unspecified atom stereocenters. The van der Waals surface area contributed by atoms with Crippen molar-refractivity contribution in [2.24, 2.45) is 0 Å². The molecule has 0 bridgehead atoms. The van der Waals surface area contributed by atoms with Crippen LogP contribution >= 0.6 is 11.3 Å². The van der Waals surface area contributed by atoms with Gasteiger partial charge in [-0.3, -0.25) is 4.79 Å². The molecule has 0 amide bonds. The van der Waals surface area contributed by atoms with E-state index < -0.39 is 0 Å². The highest BCUT2D eigenvalue weighted by atomic mass is 32.1. The zero-order chi connectivity index (χ0) is 14.3. The lowest BCUT2D eigenvalue weighted by molar-refractivity contribution is 0.418. The van der Waals surface area contributed by atoms with Gasteiger partial charge in [-0.05, 0) is 31.5 Å². The van der Waals surface area contributed by atoms with E-state index in [1.807, 2.05) is 31.4 Å². The second-order valence-electron chi connectivity index (χ2n) is 4.57. The number of methoxy groups -OCH3 is 1. The molecule has 2 aromatic heterocycles. The van der Waals surface area contributed by atoms with Crippen molar-refractivity contribution in [2.45, 2.75) is 13.8 Å². The third kappa shape index (κ3) is 2.00. The molecule has 0 aliphatic heterocycles. The Morgan fingerprint density at radius 3 is 2.75 bits per heavy atom. The van der Waals surface area contributed by atoms with E-state index in [1.165, 1.54) is 17.6 Å². The Hall–Kier alpha value is -2.14. The molecule has 102 valence electrons. The molecule has 3 rings (SSSR count). The van der Waals surface area contributed by atoms with Crippen LogP contribution in [0, 0.1) is 13.8 Å². The zero-order valence-electron chi connectivity index (χ0n) is 11.4. The van der Waals surface area contributed by atoms with Crippen molar-refractivity contribution in [1.82, 2.24) is 4.98 Å². The van der Waals surface area contributed by atoms with Crippen LogP contribution in [0.15, 0.2) is 33.0 Å². The minimum Gasteiger partial charge on any atom is -0.496 e. The average molecular weight is 287 g/mol. The van der Waals surface area contributed by atoms with Gasteiger partial charge < -0.3 is 9.15 Å². The fourth-order valence-corrected chi connectivity index (χ4v) is 2.79. The van der Waals surface area contributed by atoms with Crippen LogP contribution in [0.3, 0.4) is 0 Å². The van der Waals surface area contributed by atoms with Gasteiger partial charge in [0.2, 0.25) is 5.43 Å². The number of hydrogen-bond donors (Lipinski definition) is 0. The van der Waals surface area contributed by atoms with E-state index in [4.69, 9.17) is 9.15 Å². The minimum absolute atomic E-state index is 0.117. The Morgan fingerprint density at radius 1 is 1.30 bits per heavy atom. The summed E-state index contributed by atoms with van der Waals surface area (Å²) in [6, 6.07) is 3.66. The predicted octanol–water partition coefficient (Wildman–Crippen LogP) is 3.54. The lowest BCUT2D eigenvalue weighted by Gasteiger charge is -2.06. The maximum atomic E-state index is 12.7. The van der Waals surface area contributed by atoms with Gasteiger partial charge in [0.15, 0.2) is 0 Å². The second-order valence-corrected chi connectivity index (χ2v) is 5.63. The highest BCUT2D eigenvalue weighted by Gasteiger charge is 2.15. The first-order valence-corrected chi connectivity index (χ1v) is 7.01. The van der Waals surface area contributed by atoms with Crippen molar-refractivity contribution in [3.05, 3.63) is 44.6 Å². The summed E-state index contributed by atoms with van der Waals surface area (Å²) < 4.78 is 10.9. The third-order valence-corrected chi connectivity index (χ3v) is 3.87. The van der Waals surface area contributed by atoms with Crippen molar-refractivity contribution in [3.63, 3.8) is 0 Å². The monoisotopic (exact) mass is 287 g/mol. The van der Waals surface area contributed by atoms with Crippen LogP contribution < -0.4 is 10.2 Å². The number of ether oxygens (including phenoxy) is 1. The summed E-state index contributed by atoms with van der Waals surface area (Å²) in [5.74, 6) is 0.530. The fraction of sp³-hybridized carbons (Fsp3) is 0.200. The van der Waals surface area contributed by atoms with E-state index in [9.17, 15) is 4.79 Å². The van der Waals surface area contributed by atoms with Gasteiger partial charge in [0.25, 0.3) is 0 Å². The first kappa shape index (κ1) is 12.9. The molecule has 4 nitrogen and oxygen atoms in total. The van der Waals surface area contributed by atoms with Crippen molar-refractivity contribution < 1.29 is 9.15 Å². The van der Waals surface area contributed by atoms with Crippen molar-refractivity contribution in [3.8, 4) is 17.0 Å². The number of hydrogen-bond acceptors (Lipinski definition) is 5. The number of thiazole rings is 1. The minimum atomic E-state index is -0.117. The summed E-state index contributed by atoms with van der Waals surface area (Å²) in [6.07, 6.45) is 1.47. The van der Waals surface area contributed by atoms with E-state index >= 15 is 0 Å². The van der Waals surface area contributed by atoms with E-state index in [2.05, 4.69) is 4.98 Å². The van der Waals surface area contributed by atoms with Crippen molar-refractivity contribution in [1.29, 1.82) is 0 Å². The Bertz CT molecular complexity index is 848. The maximum Gasteiger partial charge on any atom is 0.205 e. The Labute approximate surface area is 119 Å². The molecule has 0 radical (unpaired) electrons. The molecule has 5 heteroatoms. The van der Waals surface area contributed by atoms with Gasteiger partial charge in [-0.15, -0.1) is 11.3 Å². The van der Waals surface area contributed by atoms with Gasteiger partial charge in [0, 0.05) is 5.38 Å². The van der Waals surface area contributed by atoms with E-state index in [0.29, 0.717) is 28.0 Å². The summed E-state index contributed by atoms with van der Waals surface area (Å²) in [5.41, 5.74) is 2.50. The second kappa shape index (κ2) is 4.76. The molecule has 0 N–H and O–H groups in total. The SMILES string of the molecule is COc1cc(C)cc2occ(-c3csc(C)n3)c(=O)c12. The average Bonchev–Trinajstić information content (AvgIpc) is 2.84. The van der Waals surface area contributed by atoms with Crippen LogP contribution in [0.5, 0.6) is 5.75 Å². The molecule has 0 atom stereocenters. The van der Waals surface area contributed by atoms with Crippen LogP contribution in [0.4, 0.5) is 0 Å². The van der Waals surface area contributed by atoms with Gasteiger partial charge in [0.1, 0.15) is 23.0 Å². The van der Waals surface area contributed by atoms with Gasteiger partial charge in [0.05, 0.1) is 23.4 Å². The normalized spacial score (nSPS) is 10.9. The molecule has 0 spiro atoms. The van der Waals surface area contributed by atoms with Crippen LogP contribution in [0.25, 0.3) is 22.2 Å². The van der Waals surface area contributed by atoms with Crippen LogP contribution in [0.2, 0.25) is 0 Å². The van der Waals surface area contributed by atoms with Gasteiger partial charge in [-0.1, -0.05) is 0 Å². The Morgan fingerprint density at radius 2 is 2.10 bits per heavy atom. The molecular weight excluding hydrogens is 274 g/mol. The molecular formula is C15H13NO3S. The molecule has 0 saturated carbocycles. The van der Waals surface area contributed by atoms with E-state index in [0.717, 1.165) is 10.6 Å². The number of aromatic nitrogens is 1. The van der Waals surface area contributed by atoms with Crippen molar-refractivity contribution in [2.75, 3.05) is 7.11 Å². The zero-order valence-corrected chi connectivity index (χ0v) is 12.2. The van der Waals surface area contributed by atoms with Gasteiger partial charge in [-0.25, -0.2) is 4.98 Å².